The molecule has 0 N–H and O–H groups in total. The summed E-state index contributed by atoms with van der Waals surface area (Å²) in [5, 5.41) is 1.83. The van der Waals surface area contributed by atoms with E-state index in [2.05, 4.69) is 4.98 Å². The summed E-state index contributed by atoms with van der Waals surface area (Å²) < 4.78 is 11.7. The predicted octanol–water partition coefficient (Wildman–Crippen LogP) is 2.19. The van der Waals surface area contributed by atoms with E-state index in [1.165, 1.54) is 24.2 Å². The fourth-order valence-electron chi connectivity index (χ4n) is 3.59. The molecule has 1 aromatic heterocycles. The number of carbonyl (C=O) groups excluding carboxylic acids is 1. The van der Waals surface area contributed by atoms with Gasteiger partial charge in [-0.1, -0.05) is 0 Å². The van der Waals surface area contributed by atoms with Gasteiger partial charge in [0.05, 0.1) is 24.3 Å². The molecule has 1 amide bonds. The van der Waals surface area contributed by atoms with Crippen LogP contribution in [-0.4, -0.2) is 54.3 Å². The topological polar surface area (TPSA) is 51.7 Å². The Labute approximate surface area is 134 Å². The second-order valence-corrected chi connectivity index (χ2v) is 7.39. The van der Waals surface area contributed by atoms with E-state index < -0.39 is 0 Å². The number of thiazole rings is 1. The van der Waals surface area contributed by atoms with E-state index in [-0.39, 0.29) is 18.1 Å². The highest BCUT2D eigenvalue weighted by molar-refractivity contribution is 7.07. The van der Waals surface area contributed by atoms with Gasteiger partial charge < -0.3 is 14.4 Å². The Morgan fingerprint density at radius 2 is 2.23 bits per heavy atom. The lowest BCUT2D eigenvalue weighted by Crippen LogP contribution is -2.51. The fraction of sp³-hybridized carbons (Fsp3) is 0.750. The highest BCUT2D eigenvalue weighted by atomic mass is 32.1. The number of nitrogens with zero attached hydrogens (tertiary/aromatic N) is 2. The van der Waals surface area contributed by atoms with Crippen LogP contribution >= 0.6 is 11.3 Å². The molecule has 2 aliphatic carbocycles. The van der Waals surface area contributed by atoms with E-state index in [1.807, 2.05) is 10.3 Å². The van der Waals surface area contributed by atoms with E-state index in [0.717, 1.165) is 32.0 Å². The maximum atomic E-state index is 12.6. The number of fused-ring (bicyclic) bond motifs is 1. The van der Waals surface area contributed by atoms with Crippen molar-refractivity contribution >= 4 is 17.2 Å². The monoisotopic (exact) mass is 322 g/mol. The molecule has 1 aromatic rings. The molecule has 0 radical (unpaired) electrons. The first kappa shape index (κ1) is 14.6. The van der Waals surface area contributed by atoms with Crippen LogP contribution in [0.15, 0.2) is 10.9 Å². The Morgan fingerprint density at radius 3 is 3.00 bits per heavy atom. The van der Waals surface area contributed by atoms with Crippen LogP contribution in [0.5, 0.6) is 0 Å². The highest BCUT2D eigenvalue weighted by Gasteiger charge is 2.43. The number of carbonyl (C=O) groups is 1. The normalized spacial score (nSPS) is 31.3. The summed E-state index contributed by atoms with van der Waals surface area (Å²) in [4.78, 5) is 18.7. The quantitative estimate of drug-likeness (QED) is 0.834. The first-order valence-electron chi connectivity index (χ1n) is 8.20. The Bertz CT molecular complexity index is 517. The second-order valence-electron chi connectivity index (χ2n) is 6.67. The summed E-state index contributed by atoms with van der Waals surface area (Å²) in [6.45, 7) is 3.03. The van der Waals surface area contributed by atoms with Crippen molar-refractivity contribution in [2.75, 3.05) is 26.4 Å². The SMILES string of the molecule is O=C(c1cscn1)N1CCO[C@@H]2C[C@H](COCC3CC3)C[C@H]21. The van der Waals surface area contributed by atoms with Crippen molar-refractivity contribution in [3.05, 3.63) is 16.6 Å². The van der Waals surface area contributed by atoms with E-state index in [0.29, 0.717) is 24.8 Å². The molecule has 0 aromatic carbocycles. The standard InChI is InChI=1S/C16H22N2O3S/c19-16(13-9-22-10-17-13)18-3-4-21-15-6-12(5-14(15)18)8-20-7-11-1-2-11/h9-12,14-15H,1-8H2/t12-,14-,15-/m1/s1. The number of aromatic nitrogens is 1. The molecule has 2 heterocycles. The van der Waals surface area contributed by atoms with E-state index in [4.69, 9.17) is 9.47 Å². The van der Waals surface area contributed by atoms with Crippen molar-refractivity contribution in [1.29, 1.82) is 0 Å². The van der Waals surface area contributed by atoms with Gasteiger partial charge in [-0.2, -0.15) is 0 Å². The molecule has 120 valence electrons. The minimum Gasteiger partial charge on any atom is -0.381 e. The molecule has 0 spiro atoms. The van der Waals surface area contributed by atoms with Crippen LogP contribution in [0, 0.1) is 11.8 Å². The summed E-state index contributed by atoms with van der Waals surface area (Å²) in [5.74, 6) is 1.37. The lowest BCUT2D eigenvalue weighted by molar-refractivity contribution is -0.0451. The fourth-order valence-corrected chi connectivity index (χ4v) is 4.12. The van der Waals surface area contributed by atoms with Crippen molar-refractivity contribution in [2.24, 2.45) is 11.8 Å². The van der Waals surface area contributed by atoms with Gasteiger partial charge in [-0.25, -0.2) is 4.98 Å². The van der Waals surface area contributed by atoms with Gasteiger partial charge >= 0.3 is 0 Å². The maximum Gasteiger partial charge on any atom is 0.273 e. The molecule has 4 rings (SSSR count). The molecule has 2 saturated carbocycles. The third kappa shape index (κ3) is 3.05. The number of ether oxygens (including phenoxy) is 2. The predicted molar refractivity (Wildman–Crippen MR) is 82.9 cm³/mol. The summed E-state index contributed by atoms with van der Waals surface area (Å²) in [6, 6.07) is 0.192. The second kappa shape index (κ2) is 6.26. The summed E-state index contributed by atoms with van der Waals surface area (Å²) in [6.07, 6.45) is 4.83. The first-order chi connectivity index (χ1) is 10.8. The summed E-state index contributed by atoms with van der Waals surface area (Å²) in [5.41, 5.74) is 2.29. The Balaban J connectivity index is 1.36. The van der Waals surface area contributed by atoms with Crippen LogP contribution in [-0.2, 0) is 9.47 Å². The highest BCUT2D eigenvalue weighted by Crippen LogP contribution is 2.36. The molecule has 0 bridgehead atoms. The lowest BCUT2D eigenvalue weighted by Gasteiger charge is -2.37. The van der Waals surface area contributed by atoms with Gasteiger partial charge in [0, 0.05) is 25.1 Å². The smallest absolute Gasteiger partial charge is 0.273 e. The number of amides is 1. The van der Waals surface area contributed by atoms with Crippen LogP contribution in [0.1, 0.15) is 36.2 Å². The zero-order valence-corrected chi connectivity index (χ0v) is 13.5. The van der Waals surface area contributed by atoms with Gasteiger partial charge in [0.2, 0.25) is 0 Å². The number of rotatable bonds is 5. The summed E-state index contributed by atoms with van der Waals surface area (Å²) >= 11 is 1.47. The zero-order chi connectivity index (χ0) is 14.9. The van der Waals surface area contributed by atoms with Crippen LogP contribution in [0.25, 0.3) is 0 Å². The molecular weight excluding hydrogens is 300 g/mol. The van der Waals surface area contributed by atoms with E-state index in [1.54, 1.807) is 5.51 Å². The molecule has 5 nitrogen and oxygen atoms in total. The van der Waals surface area contributed by atoms with Crippen molar-refractivity contribution < 1.29 is 14.3 Å². The molecule has 6 heteroatoms. The molecule has 3 fully saturated rings. The lowest BCUT2D eigenvalue weighted by atomic mass is 10.1. The maximum absolute atomic E-state index is 12.6. The van der Waals surface area contributed by atoms with Gasteiger partial charge in [-0.05, 0) is 37.5 Å². The molecular formula is C16H22N2O3S. The van der Waals surface area contributed by atoms with Gasteiger partial charge in [0.1, 0.15) is 5.69 Å². The summed E-state index contributed by atoms with van der Waals surface area (Å²) in [7, 11) is 0. The van der Waals surface area contributed by atoms with E-state index in [9.17, 15) is 4.79 Å². The van der Waals surface area contributed by atoms with Gasteiger partial charge in [0.15, 0.2) is 0 Å². The van der Waals surface area contributed by atoms with Crippen molar-refractivity contribution in [1.82, 2.24) is 9.88 Å². The molecule has 22 heavy (non-hydrogen) atoms. The number of morpholine rings is 1. The Kier molecular flexibility index (Phi) is 4.15. The largest absolute Gasteiger partial charge is 0.381 e. The van der Waals surface area contributed by atoms with Gasteiger partial charge in [-0.3, -0.25) is 4.79 Å². The third-order valence-electron chi connectivity index (χ3n) is 4.95. The molecule has 3 aliphatic rings. The zero-order valence-electron chi connectivity index (χ0n) is 12.6. The molecule has 0 unspecified atom stereocenters. The number of hydrogen-bond donors (Lipinski definition) is 0. The molecule has 1 aliphatic heterocycles. The number of hydrogen-bond acceptors (Lipinski definition) is 5. The minimum absolute atomic E-state index is 0.0547. The third-order valence-corrected chi connectivity index (χ3v) is 5.54. The molecule has 1 saturated heterocycles. The van der Waals surface area contributed by atoms with Crippen LogP contribution in [0.4, 0.5) is 0 Å². The van der Waals surface area contributed by atoms with Gasteiger partial charge in [0.25, 0.3) is 5.91 Å². The molecule has 3 atom stereocenters. The van der Waals surface area contributed by atoms with Crippen LogP contribution < -0.4 is 0 Å². The van der Waals surface area contributed by atoms with Crippen LogP contribution in [0.3, 0.4) is 0 Å². The van der Waals surface area contributed by atoms with Gasteiger partial charge in [-0.15, -0.1) is 11.3 Å². The van der Waals surface area contributed by atoms with Crippen LogP contribution in [0.2, 0.25) is 0 Å². The van der Waals surface area contributed by atoms with Crippen molar-refractivity contribution in [2.45, 2.75) is 37.8 Å². The average molecular weight is 322 g/mol. The minimum atomic E-state index is 0.0547. The van der Waals surface area contributed by atoms with Crippen molar-refractivity contribution in [3.8, 4) is 0 Å². The Morgan fingerprint density at radius 1 is 1.36 bits per heavy atom. The van der Waals surface area contributed by atoms with E-state index >= 15 is 0 Å². The van der Waals surface area contributed by atoms with Crippen molar-refractivity contribution in [3.63, 3.8) is 0 Å². The first-order valence-corrected chi connectivity index (χ1v) is 9.14. The average Bonchev–Trinajstić information content (AvgIpc) is 3.04. The Hall–Kier alpha value is -0.980.